The van der Waals surface area contributed by atoms with Crippen LogP contribution in [0.4, 0.5) is 19.3 Å². The molecule has 0 spiro atoms. The lowest BCUT2D eigenvalue weighted by molar-refractivity contribution is 0.0417. The van der Waals surface area contributed by atoms with Gasteiger partial charge >= 0.3 is 6.03 Å². The highest BCUT2D eigenvalue weighted by molar-refractivity contribution is 5.90. The van der Waals surface area contributed by atoms with Gasteiger partial charge in [-0.25, -0.2) is 13.6 Å². The zero-order chi connectivity index (χ0) is 19.3. The van der Waals surface area contributed by atoms with E-state index in [0.717, 1.165) is 5.56 Å². The number of anilines is 1. The van der Waals surface area contributed by atoms with Crippen LogP contribution in [0.2, 0.25) is 0 Å². The molecule has 2 aromatic rings. The Morgan fingerprint density at radius 1 is 1.11 bits per heavy atom. The van der Waals surface area contributed by atoms with Gasteiger partial charge in [0, 0.05) is 31.6 Å². The number of nitrogens with one attached hydrogen (secondary N) is 2. The summed E-state index contributed by atoms with van der Waals surface area (Å²) in [4.78, 5) is 12.7. The minimum atomic E-state index is -0.655. The monoisotopic (exact) mass is 376 g/mol. The fourth-order valence-electron chi connectivity index (χ4n) is 3.30. The second kappa shape index (κ2) is 8.45. The molecule has 2 amide bonds. The number of hydrogen-bond acceptors (Lipinski definition) is 3. The highest BCUT2D eigenvalue weighted by Crippen LogP contribution is 2.32. The van der Waals surface area contributed by atoms with Crippen molar-refractivity contribution in [3.05, 3.63) is 65.2 Å². The molecule has 0 atom stereocenters. The summed E-state index contributed by atoms with van der Waals surface area (Å²) in [6.45, 7) is 1.15. The van der Waals surface area contributed by atoms with Crippen LogP contribution in [0.3, 0.4) is 0 Å². The summed E-state index contributed by atoms with van der Waals surface area (Å²) < 4.78 is 37.3. The molecule has 27 heavy (non-hydrogen) atoms. The van der Waals surface area contributed by atoms with Gasteiger partial charge in [0.1, 0.15) is 11.6 Å². The van der Waals surface area contributed by atoms with E-state index >= 15 is 0 Å². The molecule has 2 aromatic carbocycles. The summed E-state index contributed by atoms with van der Waals surface area (Å²) in [6, 6.07) is 9.78. The molecule has 5 nitrogen and oxygen atoms in total. The maximum atomic E-state index is 13.5. The summed E-state index contributed by atoms with van der Waals surface area (Å²) in [5.74, 6) is -0.735. The Kier molecular flexibility index (Phi) is 6.03. The lowest BCUT2D eigenvalue weighted by Gasteiger charge is -2.38. The Morgan fingerprint density at radius 2 is 1.78 bits per heavy atom. The quantitative estimate of drug-likeness (QED) is 0.831. The van der Waals surface area contributed by atoms with Crippen molar-refractivity contribution in [2.45, 2.75) is 25.0 Å². The second-order valence-corrected chi connectivity index (χ2v) is 6.51. The molecule has 0 bridgehead atoms. The van der Waals surface area contributed by atoms with Crippen molar-refractivity contribution in [2.75, 3.05) is 25.6 Å². The largest absolute Gasteiger partial charge is 0.381 e. The van der Waals surface area contributed by atoms with Crippen LogP contribution in [0.5, 0.6) is 0 Å². The van der Waals surface area contributed by atoms with Crippen molar-refractivity contribution in [1.29, 1.82) is 0 Å². The molecule has 144 valence electrons. The van der Waals surface area contributed by atoms with E-state index < -0.39 is 17.4 Å². The number of carbonyl (C=O) groups excluding carboxylic acids is 1. The Bertz CT molecular complexity index is 790. The molecule has 1 fully saturated rings. The average molecular weight is 376 g/mol. The number of amides is 2. The van der Waals surface area contributed by atoms with Crippen molar-refractivity contribution in [3.63, 3.8) is 0 Å². The van der Waals surface area contributed by atoms with Gasteiger partial charge in [-0.15, -0.1) is 0 Å². The minimum Gasteiger partial charge on any atom is -0.381 e. The molecular weight excluding hydrogens is 354 g/mol. The first kappa shape index (κ1) is 19.3. The van der Waals surface area contributed by atoms with E-state index in [4.69, 9.17) is 9.47 Å². The van der Waals surface area contributed by atoms with Crippen molar-refractivity contribution < 1.29 is 23.0 Å². The van der Waals surface area contributed by atoms with Crippen LogP contribution in [-0.2, 0) is 21.6 Å². The molecule has 3 rings (SSSR count). The van der Waals surface area contributed by atoms with Crippen molar-refractivity contribution in [3.8, 4) is 0 Å². The molecule has 0 aromatic heterocycles. The minimum absolute atomic E-state index is 0.171. The standard InChI is InChI=1S/C20H22F2N2O3/c1-26-13-14-12-17(22)6-7-18(14)23-19(25)24-20(8-10-27-11-9-20)15-2-4-16(21)5-3-15/h2-7,12H,8-11,13H2,1H3,(H2,23,24,25). The summed E-state index contributed by atoms with van der Waals surface area (Å²) in [7, 11) is 1.50. The van der Waals surface area contributed by atoms with Crippen molar-refractivity contribution >= 4 is 11.7 Å². The lowest BCUT2D eigenvalue weighted by atomic mass is 9.83. The number of urea groups is 1. The molecule has 7 heteroatoms. The van der Waals surface area contributed by atoms with Gasteiger partial charge in [0.2, 0.25) is 0 Å². The third kappa shape index (κ3) is 4.61. The van der Waals surface area contributed by atoms with Crippen LogP contribution in [-0.4, -0.2) is 26.4 Å². The highest BCUT2D eigenvalue weighted by atomic mass is 19.1. The van der Waals surface area contributed by atoms with Gasteiger partial charge in [-0.1, -0.05) is 12.1 Å². The van der Waals surface area contributed by atoms with E-state index in [9.17, 15) is 13.6 Å². The number of halogens is 2. The molecule has 1 heterocycles. The molecule has 0 aliphatic carbocycles. The van der Waals surface area contributed by atoms with Crippen LogP contribution >= 0.6 is 0 Å². The molecule has 0 saturated carbocycles. The Balaban J connectivity index is 1.80. The molecule has 2 N–H and O–H groups in total. The Morgan fingerprint density at radius 3 is 2.44 bits per heavy atom. The zero-order valence-corrected chi connectivity index (χ0v) is 15.1. The van der Waals surface area contributed by atoms with Gasteiger partial charge in [0.15, 0.2) is 0 Å². The topological polar surface area (TPSA) is 59.6 Å². The fourth-order valence-corrected chi connectivity index (χ4v) is 3.30. The molecular formula is C20H22F2N2O3. The van der Waals surface area contributed by atoms with Crippen LogP contribution in [0.15, 0.2) is 42.5 Å². The summed E-state index contributed by atoms with van der Waals surface area (Å²) >= 11 is 0. The molecule has 0 radical (unpaired) electrons. The van der Waals surface area contributed by atoms with Crippen LogP contribution in [0, 0.1) is 11.6 Å². The smallest absolute Gasteiger partial charge is 0.319 e. The Labute approximate surface area is 156 Å². The van der Waals surface area contributed by atoms with Gasteiger partial charge in [-0.05, 0) is 48.7 Å². The maximum Gasteiger partial charge on any atom is 0.319 e. The third-order valence-corrected chi connectivity index (χ3v) is 4.71. The van der Waals surface area contributed by atoms with E-state index in [1.165, 1.54) is 37.4 Å². The Hall–Kier alpha value is -2.51. The van der Waals surface area contributed by atoms with Crippen LogP contribution < -0.4 is 10.6 Å². The predicted octanol–water partition coefficient (Wildman–Crippen LogP) is 3.94. The summed E-state index contributed by atoms with van der Waals surface area (Å²) in [5.41, 5.74) is 1.17. The number of benzene rings is 2. The number of hydrogen-bond donors (Lipinski definition) is 2. The second-order valence-electron chi connectivity index (χ2n) is 6.51. The summed E-state index contributed by atoms with van der Waals surface area (Å²) in [5, 5.41) is 5.78. The van der Waals surface area contributed by atoms with Gasteiger partial charge in [0.25, 0.3) is 0 Å². The van der Waals surface area contributed by atoms with E-state index in [2.05, 4.69) is 10.6 Å². The molecule has 0 unspecified atom stereocenters. The molecule has 1 saturated heterocycles. The van der Waals surface area contributed by atoms with Crippen molar-refractivity contribution in [1.82, 2.24) is 5.32 Å². The van der Waals surface area contributed by atoms with E-state index in [-0.39, 0.29) is 12.4 Å². The van der Waals surface area contributed by atoms with Crippen LogP contribution in [0.1, 0.15) is 24.0 Å². The fraction of sp³-hybridized carbons (Fsp3) is 0.350. The van der Waals surface area contributed by atoms with Gasteiger partial charge in [0.05, 0.1) is 12.1 Å². The first-order chi connectivity index (χ1) is 13.0. The van der Waals surface area contributed by atoms with Gasteiger partial charge in [-0.2, -0.15) is 0 Å². The van der Waals surface area contributed by atoms with Crippen LogP contribution in [0.25, 0.3) is 0 Å². The van der Waals surface area contributed by atoms with E-state index in [1.807, 2.05) is 0 Å². The molecule has 1 aliphatic heterocycles. The van der Waals surface area contributed by atoms with E-state index in [0.29, 0.717) is 37.3 Å². The van der Waals surface area contributed by atoms with Crippen molar-refractivity contribution in [2.24, 2.45) is 0 Å². The number of ether oxygens (including phenoxy) is 2. The number of carbonyl (C=O) groups is 1. The summed E-state index contributed by atoms with van der Waals surface area (Å²) in [6.07, 6.45) is 1.14. The molecule has 1 aliphatic rings. The predicted molar refractivity (Wildman–Crippen MR) is 97.4 cm³/mol. The lowest BCUT2D eigenvalue weighted by Crippen LogP contribution is -2.51. The first-order valence-electron chi connectivity index (χ1n) is 8.73. The first-order valence-corrected chi connectivity index (χ1v) is 8.73. The normalized spacial score (nSPS) is 16.0. The average Bonchev–Trinajstić information content (AvgIpc) is 2.65. The third-order valence-electron chi connectivity index (χ3n) is 4.71. The zero-order valence-electron chi connectivity index (χ0n) is 15.1. The SMILES string of the molecule is COCc1cc(F)ccc1NC(=O)NC1(c2ccc(F)cc2)CCOCC1. The number of rotatable bonds is 5. The van der Waals surface area contributed by atoms with Gasteiger partial charge in [-0.3, -0.25) is 0 Å². The number of methoxy groups -OCH3 is 1. The van der Waals surface area contributed by atoms with Gasteiger partial charge < -0.3 is 20.1 Å². The van der Waals surface area contributed by atoms with E-state index in [1.54, 1.807) is 12.1 Å². The maximum absolute atomic E-state index is 13.5. The highest BCUT2D eigenvalue weighted by Gasteiger charge is 2.36.